The van der Waals surface area contributed by atoms with Crippen molar-refractivity contribution in [2.24, 2.45) is 16.1 Å². The van der Waals surface area contributed by atoms with Crippen LogP contribution in [-0.2, 0) is 4.79 Å². The van der Waals surface area contributed by atoms with Crippen molar-refractivity contribution in [3.05, 3.63) is 29.8 Å². The monoisotopic (exact) mass is 231 g/mol. The lowest BCUT2D eigenvalue weighted by Gasteiger charge is -2.10. The number of amidine groups is 1. The maximum Gasteiger partial charge on any atom is 0.275 e. The summed E-state index contributed by atoms with van der Waals surface area (Å²) in [6.45, 7) is 2.34. The van der Waals surface area contributed by atoms with Crippen LogP contribution in [0.4, 0.5) is 0 Å². The molecule has 0 radical (unpaired) electrons. The fourth-order valence-electron chi connectivity index (χ4n) is 1.62. The predicted molar refractivity (Wildman–Crippen MR) is 62.4 cm³/mol. The number of carbonyl (C=O) groups is 1. The first-order chi connectivity index (χ1) is 8.18. The summed E-state index contributed by atoms with van der Waals surface area (Å²) in [7, 11) is 0. The molecule has 17 heavy (non-hydrogen) atoms. The largest absolute Gasteiger partial charge is 0.493 e. The zero-order valence-corrected chi connectivity index (χ0v) is 9.51. The van der Waals surface area contributed by atoms with E-state index in [1.165, 1.54) is 0 Å². The van der Waals surface area contributed by atoms with E-state index in [1.54, 1.807) is 0 Å². The van der Waals surface area contributed by atoms with Crippen LogP contribution in [0, 0.1) is 18.3 Å². The molecule has 5 heteroatoms. The van der Waals surface area contributed by atoms with Gasteiger partial charge in [0.05, 0.1) is 6.61 Å². The molecule has 0 aliphatic carbocycles. The highest BCUT2D eigenvalue weighted by atomic mass is 16.5. The summed E-state index contributed by atoms with van der Waals surface area (Å²) >= 11 is 0. The van der Waals surface area contributed by atoms with Gasteiger partial charge < -0.3 is 4.74 Å². The van der Waals surface area contributed by atoms with Crippen LogP contribution in [0.2, 0.25) is 0 Å². The normalized spacial score (nSPS) is 18.8. The van der Waals surface area contributed by atoms with Crippen molar-refractivity contribution in [2.45, 2.75) is 13.3 Å². The maximum atomic E-state index is 11.2. The number of nitrogens with zero attached hydrogens (tertiary/aromatic N) is 2. The molecule has 88 valence electrons. The van der Waals surface area contributed by atoms with E-state index in [9.17, 15) is 4.79 Å². The van der Waals surface area contributed by atoms with Crippen molar-refractivity contribution < 1.29 is 9.53 Å². The molecule has 5 nitrogen and oxygen atoms in total. The van der Waals surface area contributed by atoms with Gasteiger partial charge in [-0.2, -0.15) is 0 Å². The Kier molecular flexibility index (Phi) is 3.27. The molecule has 1 heterocycles. The Morgan fingerprint density at radius 1 is 1.35 bits per heavy atom. The minimum atomic E-state index is -0.529. The van der Waals surface area contributed by atoms with Crippen LogP contribution >= 0.6 is 0 Å². The van der Waals surface area contributed by atoms with Crippen molar-refractivity contribution in [1.82, 2.24) is 0 Å². The lowest BCUT2D eigenvalue weighted by Crippen LogP contribution is -2.18. The first-order valence-corrected chi connectivity index (χ1v) is 5.41. The number of azo groups is 1. The number of nitrogens with one attached hydrogen (secondary N) is 1. The molecule has 2 rings (SSSR count). The van der Waals surface area contributed by atoms with E-state index in [0.29, 0.717) is 13.0 Å². The van der Waals surface area contributed by atoms with E-state index < -0.39 is 5.92 Å². The second kappa shape index (κ2) is 4.86. The molecule has 1 atom stereocenters. The van der Waals surface area contributed by atoms with Gasteiger partial charge in [-0.15, -0.1) is 10.2 Å². The van der Waals surface area contributed by atoms with Crippen LogP contribution in [0.3, 0.4) is 0 Å². The molecule has 0 spiro atoms. The Hall–Kier alpha value is -2.04. The molecule has 1 aromatic carbocycles. The van der Waals surface area contributed by atoms with Crippen LogP contribution in [0.5, 0.6) is 5.75 Å². The second-order valence-electron chi connectivity index (χ2n) is 3.88. The van der Waals surface area contributed by atoms with Gasteiger partial charge in [-0.1, -0.05) is 18.2 Å². The highest BCUT2D eigenvalue weighted by Crippen LogP contribution is 2.19. The van der Waals surface area contributed by atoms with Gasteiger partial charge in [-0.25, -0.2) is 0 Å². The van der Waals surface area contributed by atoms with Gasteiger partial charge in [0.15, 0.2) is 5.84 Å². The van der Waals surface area contributed by atoms with Gasteiger partial charge in [0, 0.05) is 6.42 Å². The lowest BCUT2D eigenvalue weighted by molar-refractivity contribution is -0.119. The van der Waals surface area contributed by atoms with Gasteiger partial charge in [0.25, 0.3) is 5.91 Å². The Morgan fingerprint density at radius 2 is 2.12 bits per heavy atom. The van der Waals surface area contributed by atoms with Gasteiger partial charge in [-0.05, 0) is 18.6 Å². The number of ether oxygens (including phenoxy) is 1. The number of hydrogen-bond donors (Lipinski definition) is 1. The molecular weight excluding hydrogens is 218 g/mol. The molecule has 0 saturated heterocycles. The standard InChI is InChI=1S/C12H13N3O2/c1-8-4-2-3-5-10(8)17-7-6-9-11(13)14-15-12(9)16/h2-5,9,13H,6-7H2,1H3. The number of aryl methyl sites for hydroxylation is 1. The van der Waals surface area contributed by atoms with Crippen LogP contribution in [0.15, 0.2) is 34.5 Å². The molecule has 0 bridgehead atoms. The van der Waals surface area contributed by atoms with Gasteiger partial charge in [-0.3, -0.25) is 10.2 Å². The first-order valence-electron chi connectivity index (χ1n) is 5.41. The van der Waals surface area contributed by atoms with Crippen molar-refractivity contribution in [1.29, 1.82) is 5.41 Å². The van der Waals surface area contributed by atoms with E-state index in [1.807, 2.05) is 31.2 Å². The maximum absolute atomic E-state index is 11.2. The Labute approximate surface area is 99.0 Å². The molecule has 1 N–H and O–H groups in total. The topological polar surface area (TPSA) is 74.9 Å². The third-order valence-electron chi connectivity index (χ3n) is 2.64. The average Bonchev–Trinajstić information content (AvgIpc) is 2.63. The summed E-state index contributed by atoms with van der Waals surface area (Å²) in [6.07, 6.45) is 0.443. The minimum absolute atomic E-state index is 0.0309. The Balaban J connectivity index is 1.86. The third kappa shape index (κ3) is 2.55. The first kappa shape index (κ1) is 11.4. The number of para-hydroxylation sites is 1. The van der Waals surface area contributed by atoms with E-state index in [2.05, 4.69) is 10.2 Å². The molecule has 0 aromatic heterocycles. The predicted octanol–water partition coefficient (Wildman–Crippen LogP) is 2.35. The quantitative estimate of drug-likeness (QED) is 0.863. The summed E-state index contributed by atoms with van der Waals surface area (Å²) < 4.78 is 5.56. The van der Waals surface area contributed by atoms with Crippen LogP contribution in [-0.4, -0.2) is 18.3 Å². The van der Waals surface area contributed by atoms with Crippen molar-refractivity contribution >= 4 is 11.7 Å². The van der Waals surface area contributed by atoms with Crippen LogP contribution in [0.25, 0.3) is 0 Å². The van der Waals surface area contributed by atoms with Gasteiger partial charge >= 0.3 is 0 Å². The van der Waals surface area contributed by atoms with E-state index in [-0.39, 0.29) is 11.7 Å². The second-order valence-corrected chi connectivity index (χ2v) is 3.88. The zero-order valence-electron chi connectivity index (χ0n) is 9.51. The molecule has 0 saturated carbocycles. The summed E-state index contributed by atoms with van der Waals surface area (Å²) in [6, 6.07) is 7.68. The molecule has 1 amide bonds. The molecule has 1 aliphatic heterocycles. The molecule has 1 unspecified atom stereocenters. The highest BCUT2D eigenvalue weighted by molar-refractivity contribution is 6.06. The van der Waals surface area contributed by atoms with E-state index in [0.717, 1.165) is 11.3 Å². The summed E-state index contributed by atoms with van der Waals surface area (Å²) in [4.78, 5) is 11.2. The number of benzene rings is 1. The number of rotatable bonds is 4. The van der Waals surface area contributed by atoms with Gasteiger partial charge in [0.1, 0.15) is 11.7 Å². The van der Waals surface area contributed by atoms with Crippen LogP contribution in [0.1, 0.15) is 12.0 Å². The smallest absolute Gasteiger partial charge is 0.275 e. The molecule has 0 fully saturated rings. The Bertz CT molecular complexity index is 464. The summed E-state index contributed by atoms with van der Waals surface area (Å²) in [5.74, 6) is -0.0378. The number of carbonyl (C=O) groups excluding carboxylic acids is 1. The zero-order chi connectivity index (χ0) is 12.3. The highest BCUT2D eigenvalue weighted by Gasteiger charge is 2.28. The number of amides is 1. The summed E-state index contributed by atoms with van der Waals surface area (Å²) in [5, 5.41) is 14.2. The lowest BCUT2D eigenvalue weighted by atomic mass is 10.1. The van der Waals surface area contributed by atoms with E-state index in [4.69, 9.17) is 10.1 Å². The fraction of sp³-hybridized carbons (Fsp3) is 0.333. The van der Waals surface area contributed by atoms with E-state index >= 15 is 0 Å². The van der Waals surface area contributed by atoms with Gasteiger partial charge in [0.2, 0.25) is 0 Å². The number of hydrogen-bond acceptors (Lipinski definition) is 3. The minimum Gasteiger partial charge on any atom is -0.493 e. The van der Waals surface area contributed by atoms with Crippen molar-refractivity contribution in [2.75, 3.05) is 6.61 Å². The molecular formula is C12H13N3O2. The molecule has 1 aliphatic rings. The average molecular weight is 231 g/mol. The summed E-state index contributed by atoms with van der Waals surface area (Å²) in [5.41, 5.74) is 1.05. The van der Waals surface area contributed by atoms with Crippen LogP contribution < -0.4 is 4.74 Å². The van der Waals surface area contributed by atoms with Crippen molar-refractivity contribution in [3.63, 3.8) is 0 Å². The SMILES string of the molecule is Cc1ccccc1OCCC1C(=N)N=NC1=O. The fourth-order valence-corrected chi connectivity index (χ4v) is 1.62. The Morgan fingerprint density at radius 3 is 2.76 bits per heavy atom. The third-order valence-corrected chi connectivity index (χ3v) is 2.64. The van der Waals surface area contributed by atoms with Crippen molar-refractivity contribution in [3.8, 4) is 5.75 Å². The molecule has 1 aromatic rings.